The zero-order chi connectivity index (χ0) is 15.8. The van der Waals surface area contributed by atoms with E-state index in [4.69, 9.17) is 16.2 Å². The van der Waals surface area contributed by atoms with E-state index in [1.165, 1.54) is 0 Å². The second-order valence-electron chi connectivity index (χ2n) is 4.71. The van der Waals surface area contributed by atoms with Crippen LogP contribution in [0.4, 0.5) is 0 Å². The molecule has 0 aliphatic rings. The number of nitrogens with two attached hydrogens (primary N) is 2. The first-order chi connectivity index (χ1) is 9.95. The van der Waals surface area contributed by atoms with Crippen LogP contribution in [-0.4, -0.2) is 30.3 Å². The highest BCUT2D eigenvalue weighted by Crippen LogP contribution is 2.18. The number of ether oxygens (including phenoxy) is 1. The monoisotopic (exact) mass is 310 g/mol. The summed E-state index contributed by atoms with van der Waals surface area (Å²) in [5, 5.41) is 0. The third-order valence-corrected chi connectivity index (χ3v) is 4.09. The highest BCUT2D eigenvalue weighted by molar-refractivity contribution is 7.98. The summed E-state index contributed by atoms with van der Waals surface area (Å²) in [4.78, 5) is 22.4. The minimum atomic E-state index is -0.559. The molecule has 1 unspecified atom stereocenters. The zero-order valence-corrected chi connectivity index (χ0v) is 13.2. The summed E-state index contributed by atoms with van der Waals surface area (Å²) in [6, 6.07) is 4.88. The molecular formula is C15H22N2O3S. The summed E-state index contributed by atoms with van der Waals surface area (Å²) in [5.74, 6) is 0.815. The van der Waals surface area contributed by atoms with Crippen molar-refractivity contribution in [1.29, 1.82) is 0 Å². The maximum absolute atomic E-state index is 11.4. The molecule has 1 atom stereocenters. The lowest BCUT2D eigenvalue weighted by Gasteiger charge is -2.11. The maximum Gasteiger partial charge on any atom is 0.322 e. The molecule has 0 aromatic heterocycles. The Bertz CT molecular complexity index is 506. The fraction of sp³-hybridized carbons (Fsp3) is 0.467. The van der Waals surface area contributed by atoms with Crippen LogP contribution in [0.15, 0.2) is 18.2 Å². The fourth-order valence-corrected chi connectivity index (χ4v) is 2.88. The molecular weight excluding hydrogens is 288 g/mol. The van der Waals surface area contributed by atoms with Gasteiger partial charge in [-0.1, -0.05) is 6.07 Å². The van der Waals surface area contributed by atoms with E-state index in [1.54, 1.807) is 30.8 Å². The summed E-state index contributed by atoms with van der Waals surface area (Å²) in [6.07, 6.45) is 0.585. The second-order valence-corrected chi connectivity index (χ2v) is 5.81. The number of hydrogen-bond acceptors (Lipinski definition) is 5. The van der Waals surface area contributed by atoms with Gasteiger partial charge in [0.25, 0.3) is 0 Å². The SMILES string of the molecule is CCOC(=O)C(N)CCSCc1ccc(C(N)=O)cc1C. The summed E-state index contributed by atoms with van der Waals surface area (Å²) in [5.41, 5.74) is 13.7. The van der Waals surface area contributed by atoms with Gasteiger partial charge in [-0.2, -0.15) is 11.8 Å². The van der Waals surface area contributed by atoms with Gasteiger partial charge in [0.2, 0.25) is 5.91 Å². The van der Waals surface area contributed by atoms with Crippen molar-refractivity contribution >= 4 is 23.6 Å². The molecule has 6 heteroatoms. The predicted octanol–water partition coefficient (Wildman–Crippen LogP) is 1.61. The van der Waals surface area contributed by atoms with Crippen molar-refractivity contribution in [2.75, 3.05) is 12.4 Å². The van der Waals surface area contributed by atoms with Crippen LogP contribution in [0.5, 0.6) is 0 Å². The first-order valence-electron chi connectivity index (χ1n) is 6.85. The van der Waals surface area contributed by atoms with Crippen LogP contribution in [0, 0.1) is 6.92 Å². The van der Waals surface area contributed by atoms with Gasteiger partial charge in [0.05, 0.1) is 6.61 Å². The molecule has 1 aromatic carbocycles. The summed E-state index contributed by atoms with van der Waals surface area (Å²) in [7, 11) is 0. The van der Waals surface area contributed by atoms with Gasteiger partial charge < -0.3 is 16.2 Å². The molecule has 1 aromatic rings. The van der Waals surface area contributed by atoms with Gasteiger partial charge in [0, 0.05) is 11.3 Å². The van der Waals surface area contributed by atoms with Gasteiger partial charge >= 0.3 is 5.97 Å². The molecule has 0 radical (unpaired) electrons. The largest absolute Gasteiger partial charge is 0.465 e. The number of rotatable bonds is 8. The Balaban J connectivity index is 2.39. The van der Waals surface area contributed by atoms with Crippen LogP contribution < -0.4 is 11.5 Å². The molecule has 1 amide bonds. The number of benzene rings is 1. The van der Waals surface area contributed by atoms with Crippen LogP contribution in [0.25, 0.3) is 0 Å². The maximum atomic E-state index is 11.4. The van der Waals surface area contributed by atoms with Crippen molar-refractivity contribution < 1.29 is 14.3 Å². The molecule has 5 nitrogen and oxygen atoms in total. The van der Waals surface area contributed by atoms with E-state index in [1.807, 2.05) is 13.0 Å². The first-order valence-corrected chi connectivity index (χ1v) is 8.00. The molecule has 0 aliphatic heterocycles. The van der Waals surface area contributed by atoms with Crippen LogP contribution in [0.2, 0.25) is 0 Å². The number of aryl methyl sites for hydroxylation is 1. The van der Waals surface area contributed by atoms with E-state index < -0.39 is 11.9 Å². The lowest BCUT2D eigenvalue weighted by molar-refractivity contribution is -0.144. The van der Waals surface area contributed by atoms with E-state index in [-0.39, 0.29) is 5.97 Å². The number of carbonyl (C=O) groups excluding carboxylic acids is 2. The van der Waals surface area contributed by atoms with E-state index in [2.05, 4.69) is 0 Å². The second kappa shape index (κ2) is 8.69. The van der Waals surface area contributed by atoms with Crippen LogP contribution in [0.3, 0.4) is 0 Å². The van der Waals surface area contributed by atoms with Gasteiger partial charge in [-0.15, -0.1) is 0 Å². The Labute approximate surface area is 129 Å². The number of hydrogen-bond donors (Lipinski definition) is 2. The standard InChI is InChI=1S/C15H22N2O3S/c1-3-20-15(19)13(16)6-7-21-9-12-5-4-11(14(17)18)8-10(12)2/h4-5,8,13H,3,6-7,9,16H2,1-2H3,(H2,17,18). The highest BCUT2D eigenvalue weighted by atomic mass is 32.2. The molecule has 21 heavy (non-hydrogen) atoms. The molecule has 0 fully saturated rings. The van der Waals surface area contributed by atoms with E-state index in [0.717, 1.165) is 22.6 Å². The first kappa shape index (κ1) is 17.5. The Morgan fingerprint density at radius 2 is 2.10 bits per heavy atom. The Kier molecular flexibility index (Phi) is 7.25. The van der Waals surface area contributed by atoms with Crippen molar-refractivity contribution in [3.8, 4) is 0 Å². The molecule has 0 saturated heterocycles. The minimum Gasteiger partial charge on any atom is -0.465 e. The Morgan fingerprint density at radius 3 is 2.67 bits per heavy atom. The van der Waals surface area contributed by atoms with Gasteiger partial charge in [-0.3, -0.25) is 9.59 Å². The van der Waals surface area contributed by atoms with Gasteiger partial charge in [-0.05, 0) is 49.3 Å². The molecule has 0 spiro atoms. The molecule has 0 aliphatic carbocycles. The molecule has 0 heterocycles. The van der Waals surface area contributed by atoms with Crippen LogP contribution in [0.1, 0.15) is 34.8 Å². The lowest BCUT2D eigenvalue weighted by atomic mass is 10.1. The molecule has 1 rings (SSSR count). The van der Waals surface area contributed by atoms with Crippen molar-refractivity contribution in [3.05, 3.63) is 34.9 Å². The lowest BCUT2D eigenvalue weighted by Crippen LogP contribution is -2.32. The molecule has 4 N–H and O–H groups in total. The normalized spacial score (nSPS) is 12.0. The fourth-order valence-electron chi connectivity index (χ4n) is 1.77. The zero-order valence-electron chi connectivity index (χ0n) is 12.4. The van der Waals surface area contributed by atoms with Crippen molar-refractivity contribution in [1.82, 2.24) is 0 Å². The summed E-state index contributed by atoms with van der Waals surface area (Å²) in [6.45, 7) is 4.07. The molecule has 116 valence electrons. The highest BCUT2D eigenvalue weighted by Gasteiger charge is 2.13. The minimum absolute atomic E-state index is 0.347. The van der Waals surface area contributed by atoms with Crippen molar-refractivity contribution in [2.24, 2.45) is 11.5 Å². The number of esters is 1. The van der Waals surface area contributed by atoms with E-state index >= 15 is 0 Å². The number of primary amides is 1. The van der Waals surface area contributed by atoms with Crippen LogP contribution >= 0.6 is 11.8 Å². The summed E-state index contributed by atoms with van der Waals surface area (Å²) < 4.78 is 4.86. The van der Waals surface area contributed by atoms with Crippen LogP contribution in [-0.2, 0) is 15.3 Å². The third kappa shape index (κ3) is 5.77. The quantitative estimate of drug-likeness (QED) is 0.562. The third-order valence-electron chi connectivity index (χ3n) is 3.05. The average Bonchev–Trinajstić information content (AvgIpc) is 2.44. The topological polar surface area (TPSA) is 95.4 Å². The van der Waals surface area contributed by atoms with Gasteiger partial charge in [0.15, 0.2) is 0 Å². The average molecular weight is 310 g/mol. The molecule has 0 saturated carbocycles. The van der Waals surface area contributed by atoms with E-state index in [0.29, 0.717) is 18.6 Å². The number of amides is 1. The number of carbonyl (C=O) groups is 2. The van der Waals surface area contributed by atoms with E-state index in [9.17, 15) is 9.59 Å². The predicted molar refractivity (Wildman–Crippen MR) is 85.1 cm³/mol. The molecule has 0 bridgehead atoms. The van der Waals surface area contributed by atoms with Crippen molar-refractivity contribution in [2.45, 2.75) is 32.1 Å². The summed E-state index contributed by atoms with van der Waals surface area (Å²) >= 11 is 1.69. The smallest absolute Gasteiger partial charge is 0.322 e. The Morgan fingerprint density at radius 1 is 1.38 bits per heavy atom. The van der Waals surface area contributed by atoms with Gasteiger partial charge in [0.1, 0.15) is 6.04 Å². The number of thioether (sulfide) groups is 1. The Hall–Kier alpha value is -1.53. The van der Waals surface area contributed by atoms with Crippen molar-refractivity contribution in [3.63, 3.8) is 0 Å². The van der Waals surface area contributed by atoms with Gasteiger partial charge in [-0.25, -0.2) is 0 Å².